The molecule has 0 saturated carbocycles. The van der Waals surface area contributed by atoms with Crippen molar-refractivity contribution in [3.8, 4) is 50.2 Å². The van der Waals surface area contributed by atoms with Crippen molar-refractivity contribution in [3.05, 3.63) is 518 Å². The van der Waals surface area contributed by atoms with Crippen LogP contribution in [0.2, 0.25) is 0 Å². The summed E-state index contributed by atoms with van der Waals surface area (Å²) < 4.78 is 2.52. The minimum absolute atomic E-state index is 0.564. The van der Waals surface area contributed by atoms with E-state index in [2.05, 4.69) is 492 Å². The number of para-hydroxylation sites is 8. The van der Waals surface area contributed by atoms with Gasteiger partial charge in [-0.1, -0.05) is 376 Å². The van der Waals surface area contributed by atoms with E-state index in [0.717, 1.165) is 39.8 Å². The van der Waals surface area contributed by atoms with Crippen molar-refractivity contribution >= 4 is 138 Å². The first-order chi connectivity index (χ1) is 62.6. The largest absolute Gasteiger partial charge is 0.310 e. The SMILES string of the molecule is c1ccc(-c2ccccc2N(c2ccc3c(c2)C2(c4ccccc4-3)c3ccccc3-n3c4ccccc4c4cccc2c43)c2ccc3c4ccccc4c4ccccc4c3c2)cc1.c1ccc(-c2ccccc2N(c2ccc3c(c2)C2(c4ccccc4-3)c3ccccc3N(c3ccccc3)c3ccccc32)c2ccc3c4ccccc4c4ccccc4c3c2)cc1. The van der Waals surface area contributed by atoms with E-state index in [4.69, 9.17) is 0 Å². The van der Waals surface area contributed by atoms with Crippen LogP contribution in [0, 0.1) is 0 Å². The summed E-state index contributed by atoms with van der Waals surface area (Å²) in [5.74, 6) is 0. The zero-order valence-corrected chi connectivity index (χ0v) is 68.8. The molecule has 3 heterocycles. The molecular weight excluding hydrogens is 1520 g/mol. The van der Waals surface area contributed by atoms with Gasteiger partial charge in [0, 0.05) is 50.3 Å². The second-order valence-corrected chi connectivity index (χ2v) is 33.9. The van der Waals surface area contributed by atoms with Crippen LogP contribution in [0.25, 0.3) is 137 Å². The molecule has 0 fully saturated rings. The fourth-order valence-electron chi connectivity index (χ4n) is 22.8. The summed E-state index contributed by atoms with van der Waals surface area (Å²) in [6.07, 6.45) is 0. The van der Waals surface area contributed by atoms with Crippen LogP contribution in [-0.2, 0) is 10.8 Å². The minimum Gasteiger partial charge on any atom is -0.310 e. The molecule has 0 saturated heterocycles. The summed E-state index contributed by atoms with van der Waals surface area (Å²) in [6, 6.07) is 176. The summed E-state index contributed by atoms with van der Waals surface area (Å²) in [5.41, 5.74) is 33.0. The van der Waals surface area contributed by atoms with Gasteiger partial charge in [0.05, 0.1) is 50.3 Å². The van der Waals surface area contributed by atoms with E-state index in [0.29, 0.717) is 0 Å². The van der Waals surface area contributed by atoms with Crippen molar-refractivity contribution < 1.29 is 0 Å². The Hall–Kier alpha value is -16.4. The normalized spacial score (nSPS) is 14.0. The van der Waals surface area contributed by atoms with Gasteiger partial charge < -0.3 is 19.3 Å². The molecule has 2 aliphatic carbocycles. The maximum absolute atomic E-state index is 2.52. The predicted molar refractivity (Wildman–Crippen MR) is 529 cm³/mol. The Morgan fingerprint density at radius 2 is 0.476 bits per heavy atom. The molecule has 22 aromatic carbocycles. The van der Waals surface area contributed by atoms with Crippen LogP contribution in [0.1, 0.15) is 44.5 Å². The molecule has 2 spiro atoms. The highest BCUT2D eigenvalue weighted by Crippen LogP contribution is 2.66. The third kappa shape index (κ3) is 10.2. The number of fused-ring (bicyclic) bond motifs is 33. The molecule has 1 atom stereocenters. The Labute approximate surface area is 730 Å². The first-order valence-electron chi connectivity index (χ1n) is 43.8. The van der Waals surface area contributed by atoms with Crippen molar-refractivity contribution in [3.63, 3.8) is 0 Å². The van der Waals surface area contributed by atoms with Crippen LogP contribution in [0.15, 0.2) is 473 Å². The number of anilines is 9. The van der Waals surface area contributed by atoms with E-state index in [1.807, 2.05) is 0 Å². The Morgan fingerprint density at radius 1 is 0.175 bits per heavy atom. The van der Waals surface area contributed by atoms with Gasteiger partial charge in [0.2, 0.25) is 0 Å². The summed E-state index contributed by atoms with van der Waals surface area (Å²) >= 11 is 0. The molecule has 27 rings (SSSR count). The van der Waals surface area contributed by atoms with Gasteiger partial charge in [-0.25, -0.2) is 0 Å². The number of hydrogen-bond donors (Lipinski definition) is 0. The van der Waals surface area contributed by atoms with Crippen LogP contribution >= 0.6 is 0 Å². The fraction of sp³-hybridized carbons (Fsp3) is 0.0164. The van der Waals surface area contributed by atoms with Crippen molar-refractivity contribution in [2.24, 2.45) is 0 Å². The standard InChI is InChI=1S/C61H38N2.C61H40N2/c1-2-17-39(18-3-1)42-19-9-13-30-57(42)62(40-33-35-47-45-22-5-4-20-43(45)44-21-6-7-23-46(44)52(47)37-40)41-34-36-49-48-24-8-11-27-53(48)61(56(49)38-41)54-28-12-15-32-59(54)63-58-31-14-10-25-50(58)51-26-16-29-55(61)60(51)63;1-3-19-41(20-4-1)45-23-12-16-32-58(45)62(43-35-37-50-48-26-8-7-24-46(48)47-25-9-10-27-49(47)53(50)39-43)44-36-38-52-51-28-11-13-29-54(51)61(57(52)40-44)55-30-14-17-33-59(55)63(42-21-5-2-6-22-42)60-34-18-15-31-56(60)61/h1-38H;1-40H. The lowest BCUT2D eigenvalue weighted by molar-refractivity contribution is 0.748. The van der Waals surface area contributed by atoms with Crippen molar-refractivity contribution in [1.29, 1.82) is 0 Å². The van der Waals surface area contributed by atoms with Crippen molar-refractivity contribution in [2.45, 2.75) is 10.8 Å². The second kappa shape index (κ2) is 28.1. The van der Waals surface area contributed by atoms with Crippen LogP contribution in [0.3, 0.4) is 0 Å². The highest BCUT2D eigenvalue weighted by atomic mass is 15.2. The van der Waals surface area contributed by atoms with Crippen LogP contribution in [0.5, 0.6) is 0 Å². The van der Waals surface area contributed by atoms with Gasteiger partial charge in [-0.3, -0.25) is 0 Å². The number of nitrogens with zero attached hydrogens (tertiary/aromatic N) is 4. The smallest absolute Gasteiger partial charge is 0.0755 e. The molecule has 4 aliphatic rings. The van der Waals surface area contributed by atoms with Crippen molar-refractivity contribution in [1.82, 2.24) is 4.57 Å². The maximum Gasteiger partial charge on any atom is 0.0755 e. The Bertz CT molecular complexity index is 8340. The van der Waals surface area contributed by atoms with Crippen LogP contribution in [0.4, 0.5) is 51.2 Å². The average Bonchev–Trinajstić information content (AvgIpc) is 1.49. The number of rotatable bonds is 9. The summed E-state index contributed by atoms with van der Waals surface area (Å²) in [5, 5.41) is 17.7. The zero-order chi connectivity index (χ0) is 82.7. The zero-order valence-electron chi connectivity index (χ0n) is 68.8. The molecular formula is C122H78N4. The molecule has 1 unspecified atom stereocenters. The molecule has 0 bridgehead atoms. The lowest BCUT2D eigenvalue weighted by atomic mass is 9.64. The van der Waals surface area contributed by atoms with E-state index < -0.39 is 10.8 Å². The predicted octanol–water partition coefficient (Wildman–Crippen LogP) is 32.5. The molecule has 4 nitrogen and oxygen atoms in total. The lowest BCUT2D eigenvalue weighted by Gasteiger charge is -2.45. The number of benzene rings is 22. The van der Waals surface area contributed by atoms with Gasteiger partial charge in [-0.2, -0.15) is 0 Å². The van der Waals surface area contributed by atoms with Gasteiger partial charge in [0.25, 0.3) is 0 Å². The summed E-state index contributed by atoms with van der Waals surface area (Å²) in [6.45, 7) is 0. The van der Waals surface area contributed by atoms with Gasteiger partial charge in [-0.05, 0) is 240 Å². The van der Waals surface area contributed by atoms with E-state index in [1.54, 1.807) is 0 Å². The van der Waals surface area contributed by atoms with E-state index in [-0.39, 0.29) is 0 Å². The fourth-order valence-corrected chi connectivity index (χ4v) is 22.8. The number of hydrogen-bond acceptors (Lipinski definition) is 3. The molecule has 2 aliphatic heterocycles. The molecule has 0 radical (unpaired) electrons. The molecule has 1 aromatic heterocycles. The van der Waals surface area contributed by atoms with Crippen LogP contribution < -0.4 is 14.7 Å². The average molecular weight is 1600 g/mol. The lowest BCUT2D eigenvalue weighted by Crippen LogP contribution is -2.36. The first kappa shape index (κ1) is 71.3. The van der Waals surface area contributed by atoms with E-state index in [9.17, 15) is 0 Å². The third-order valence-corrected chi connectivity index (χ3v) is 27.8. The first-order valence-corrected chi connectivity index (χ1v) is 43.8. The summed E-state index contributed by atoms with van der Waals surface area (Å²) in [4.78, 5) is 7.46. The summed E-state index contributed by atoms with van der Waals surface area (Å²) in [7, 11) is 0. The Balaban J connectivity index is 0.000000134. The Kier molecular flexibility index (Phi) is 15.9. The molecule has 586 valence electrons. The highest BCUT2D eigenvalue weighted by Gasteiger charge is 2.54. The molecule has 23 aromatic rings. The monoisotopic (exact) mass is 1600 g/mol. The van der Waals surface area contributed by atoms with E-state index >= 15 is 0 Å². The van der Waals surface area contributed by atoms with Crippen LogP contribution in [-0.4, -0.2) is 4.57 Å². The topological polar surface area (TPSA) is 14.7 Å². The molecule has 0 amide bonds. The Morgan fingerprint density at radius 3 is 0.937 bits per heavy atom. The van der Waals surface area contributed by atoms with Gasteiger partial charge in [0.15, 0.2) is 0 Å². The molecule has 126 heavy (non-hydrogen) atoms. The third-order valence-electron chi connectivity index (χ3n) is 27.8. The second-order valence-electron chi connectivity index (χ2n) is 33.9. The van der Waals surface area contributed by atoms with Gasteiger partial charge >= 0.3 is 0 Å². The molecule has 0 N–H and O–H groups in total. The minimum atomic E-state index is -0.580. The maximum atomic E-state index is 2.52. The van der Waals surface area contributed by atoms with Gasteiger partial charge in [0.1, 0.15) is 0 Å². The van der Waals surface area contributed by atoms with Crippen molar-refractivity contribution in [2.75, 3.05) is 14.7 Å². The molecule has 4 heteroatoms. The van der Waals surface area contributed by atoms with Gasteiger partial charge in [-0.15, -0.1) is 0 Å². The van der Waals surface area contributed by atoms with E-state index in [1.165, 1.54) is 193 Å². The quantitative estimate of drug-likeness (QED) is 0.134. The highest BCUT2D eigenvalue weighted by molar-refractivity contribution is 6.27. The number of aromatic nitrogens is 1.